The molecule has 1 fully saturated rings. The van der Waals surface area contributed by atoms with Crippen molar-refractivity contribution in [1.29, 1.82) is 5.26 Å². The van der Waals surface area contributed by atoms with Crippen LogP contribution in [0.25, 0.3) is 0 Å². The molecule has 0 spiro atoms. The van der Waals surface area contributed by atoms with Gasteiger partial charge in [0.2, 0.25) is 0 Å². The minimum atomic E-state index is -0.152. The fourth-order valence-electron chi connectivity index (χ4n) is 1.89. The highest BCUT2D eigenvalue weighted by Gasteiger charge is 2.21. The Labute approximate surface area is 94.7 Å². The lowest BCUT2D eigenvalue weighted by Crippen LogP contribution is -2.44. The van der Waals surface area contributed by atoms with Crippen LogP contribution >= 0.6 is 0 Å². The third-order valence-corrected chi connectivity index (χ3v) is 2.71. The van der Waals surface area contributed by atoms with E-state index < -0.39 is 0 Å². The van der Waals surface area contributed by atoms with E-state index in [0.29, 0.717) is 18.7 Å². The van der Waals surface area contributed by atoms with Crippen molar-refractivity contribution >= 4 is 5.69 Å². The first-order chi connectivity index (χ1) is 7.85. The predicted octanol–water partition coefficient (Wildman–Crippen LogP) is 0.756. The van der Waals surface area contributed by atoms with Gasteiger partial charge < -0.3 is 14.7 Å². The van der Waals surface area contributed by atoms with Crippen LogP contribution in [0.2, 0.25) is 0 Å². The Hall–Kier alpha value is -1.57. The number of morpholine rings is 1. The normalized spacial score (nSPS) is 20.5. The van der Waals surface area contributed by atoms with Crippen molar-refractivity contribution in [3.8, 4) is 6.07 Å². The van der Waals surface area contributed by atoms with Crippen LogP contribution in [0.3, 0.4) is 0 Å². The van der Waals surface area contributed by atoms with Crippen molar-refractivity contribution in [2.75, 3.05) is 31.2 Å². The molecule has 0 bridgehead atoms. The molecule has 1 heterocycles. The molecule has 1 aliphatic rings. The molecule has 1 unspecified atom stereocenters. The number of aliphatic hydroxyl groups excluding tert-OH is 1. The lowest BCUT2D eigenvalue weighted by atomic mass is 10.1. The van der Waals surface area contributed by atoms with Crippen LogP contribution in [0.15, 0.2) is 24.3 Å². The molecule has 1 aliphatic heterocycles. The molecule has 0 aliphatic carbocycles. The van der Waals surface area contributed by atoms with Gasteiger partial charge >= 0.3 is 0 Å². The Morgan fingerprint density at radius 3 is 3.06 bits per heavy atom. The third-order valence-electron chi connectivity index (χ3n) is 2.71. The maximum atomic E-state index is 9.07. The van der Waals surface area contributed by atoms with Gasteiger partial charge in [-0.3, -0.25) is 0 Å². The Morgan fingerprint density at radius 2 is 2.31 bits per heavy atom. The predicted molar refractivity (Wildman–Crippen MR) is 60.2 cm³/mol. The standard InChI is InChI=1S/C12H14N2O2/c13-7-10-3-1-2-4-12(10)14-5-6-16-11(8-14)9-15/h1-4,11,15H,5-6,8-9H2. The van der Waals surface area contributed by atoms with Gasteiger partial charge in [-0.2, -0.15) is 5.26 Å². The van der Waals surface area contributed by atoms with Gasteiger partial charge in [-0.05, 0) is 12.1 Å². The lowest BCUT2D eigenvalue weighted by molar-refractivity contribution is 0.00356. The Kier molecular flexibility index (Phi) is 3.40. The first kappa shape index (κ1) is 10.9. The van der Waals surface area contributed by atoms with Gasteiger partial charge in [0.1, 0.15) is 6.07 Å². The zero-order valence-corrected chi connectivity index (χ0v) is 8.97. The summed E-state index contributed by atoms with van der Waals surface area (Å²) in [5.74, 6) is 0. The molecule has 1 saturated heterocycles. The molecule has 2 rings (SSSR count). The summed E-state index contributed by atoms with van der Waals surface area (Å²) in [6.07, 6.45) is -0.152. The summed E-state index contributed by atoms with van der Waals surface area (Å²) in [5, 5.41) is 18.1. The van der Waals surface area contributed by atoms with Crippen LogP contribution in [-0.2, 0) is 4.74 Å². The van der Waals surface area contributed by atoms with E-state index in [9.17, 15) is 0 Å². The van der Waals surface area contributed by atoms with Crippen LogP contribution in [0.5, 0.6) is 0 Å². The van der Waals surface area contributed by atoms with E-state index in [2.05, 4.69) is 11.0 Å². The van der Waals surface area contributed by atoms with Crippen LogP contribution in [-0.4, -0.2) is 37.5 Å². The fraction of sp³-hybridized carbons (Fsp3) is 0.417. The van der Waals surface area contributed by atoms with Crippen LogP contribution in [0.1, 0.15) is 5.56 Å². The molecule has 0 saturated carbocycles. The number of anilines is 1. The van der Waals surface area contributed by atoms with E-state index in [0.717, 1.165) is 12.2 Å². The number of hydrogen-bond donors (Lipinski definition) is 1. The number of rotatable bonds is 2. The first-order valence-corrected chi connectivity index (χ1v) is 5.31. The molecule has 0 aromatic heterocycles. The summed E-state index contributed by atoms with van der Waals surface area (Å²) in [4.78, 5) is 2.09. The number of para-hydroxylation sites is 1. The Morgan fingerprint density at radius 1 is 1.50 bits per heavy atom. The topological polar surface area (TPSA) is 56.5 Å². The fourth-order valence-corrected chi connectivity index (χ4v) is 1.89. The SMILES string of the molecule is N#Cc1ccccc1N1CCOC(CO)C1. The number of aliphatic hydroxyl groups is 1. The van der Waals surface area contributed by atoms with E-state index in [-0.39, 0.29) is 12.7 Å². The molecule has 16 heavy (non-hydrogen) atoms. The molecule has 0 radical (unpaired) electrons. The van der Waals surface area contributed by atoms with Crippen LogP contribution < -0.4 is 4.90 Å². The van der Waals surface area contributed by atoms with Gasteiger partial charge in [-0.15, -0.1) is 0 Å². The average Bonchev–Trinajstić information content (AvgIpc) is 2.38. The van der Waals surface area contributed by atoms with Gasteiger partial charge in [0, 0.05) is 13.1 Å². The lowest BCUT2D eigenvalue weighted by Gasteiger charge is -2.34. The zero-order chi connectivity index (χ0) is 11.4. The smallest absolute Gasteiger partial charge is 0.101 e. The molecule has 4 heteroatoms. The van der Waals surface area contributed by atoms with Crippen molar-refractivity contribution in [1.82, 2.24) is 0 Å². The maximum Gasteiger partial charge on any atom is 0.101 e. The number of benzene rings is 1. The minimum absolute atomic E-state index is 0.0191. The monoisotopic (exact) mass is 218 g/mol. The second-order valence-corrected chi connectivity index (χ2v) is 3.75. The van der Waals surface area contributed by atoms with Gasteiger partial charge in [0.05, 0.1) is 30.6 Å². The minimum Gasteiger partial charge on any atom is -0.394 e. The number of nitriles is 1. The molecular weight excluding hydrogens is 204 g/mol. The van der Waals surface area contributed by atoms with E-state index in [1.54, 1.807) is 6.07 Å². The molecule has 4 nitrogen and oxygen atoms in total. The summed E-state index contributed by atoms with van der Waals surface area (Å²) in [7, 11) is 0. The average molecular weight is 218 g/mol. The van der Waals surface area contributed by atoms with Gasteiger partial charge in [-0.1, -0.05) is 12.1 Å². The van der Waals surface area contributed by atoms with E-state index >= 15 is 0 Å². The second-order valence-electron chi connectivity index (χ2n) is 3.75. The largest absolute Gasteiger partial charge is 0.394 e. The van der Waals surface area contributed by atoms with Crippen molar-refractivity contribution in [2.45, 2.75) is 6.10 Å². The first-order valence-electron chi connectivity index (χ1n) is 5.31. The van der Waals surface area contributed by atoms with Crippen LogP contribution in [0, 0.1) is 11.3 Å². The molecule has 1 atom stereocenters. The van der Waals surface area contributed by atoms with Crippen molar-refractivity contribution < 1.29 is 9.84 Å². The maximum absolute atomic E-state index is 9.07. The Bertz CT molecular complexity index is 400. The molecule has 0 amide bonds. The summed E-state index contributed by atoms with van der Waals surface area (Å²) in [5.41, 5.74) is 1.59. The molecule has 1 aromatic rings. The summed E-state index contributed by atoms with van der Waals surface area (Å²) >= 11 is 0. The highest BCUT2D eigenvalue weighted by molar-refractivity contribution is 5.59. The molecule has 1 N–H and O–H groups in total. The third kappa shape index (κ3) is 2.16. The van der Waals surface area contributed by atoms with Gasteiger partial charge in [-0.25, -0.2) is 0 Å². The van der Waals surface area contributed by atoms with Crippen molar-refractivity contribution in [3.63, 3.8) is 0 Å². The summed E-state index contributed by atoms with van der Waals surface area (Å²) in [6, 6.07) is 9.68. The molecular formula is C12H14N2O2. The summed E-state index contributed by atoms with van der Waals surface area (Å²) < 4.78 is 5.38. The van der Waals surface area contributed by atoms with E-state index in [1.807, 2.05) is 18.2 Å². The number of hydrogen-bond acceptors (Lipinski definition) is 4. The van der Waals surface area contributed by atoms with E-state index in [4.69, 9.17) is 15.1 Å². The van der Waals surface area contributed by atoms with Crippen molar-refractivity contribution in [2.24, 2.45) is 0 Å². The number of nitrogens with zero attached hydrogens (tertiary/aromatic N) is 2. The second kappa shape index (κ2) is 4.97. The van der Waals surface area contributed by atoms with Gasteiger partial charge in [0.15, 0.2) is 0 Å². The quantitative estimate of drug-likeness (QED) is 0.796. The molecule has 84 valence electrons. The van der Waals surface area contributed by atoms with Crippen molar-refractivity contribution in [3.05, 3.63) is 29.8 Å². The van der Waals surface area contributed by atoms with E-state index in [1.165, 1.54) is 0 Å². The number of ether oxygens (including phenoxy) is 1. The highest BCUT2D eigenvalue weighted by Crippen LogP contribution is 2.21. The molecule has 1 aromatic carbocycles. The highest BCUT2D eigenvalue weighted by atomic mass is 16.5. The Balaban J connectivity index is 2.20. The van der Waals surface area contributed by atoms with Gasteiger partial charge in [0.25, 0.3) is 0 Å². The van der Waals surface area contributed by atoms with Crippen LogP contribution in [0.4, 0.5) is 5.69 Å². The zero-order valence-electron chi connectivity index (χ0n) is 8.97. The summed E-state index contributed by atoms with van der Waals surface area (Å²) in [6.45, 7) is 2.00.